The minimum Gasteiger partial charge on any atom is -0.383 e. The van der Waals surface area contributed by atoms with Crippen LogP contribution in [0.3, 0.4) is 0 Å². The lowest BCUT2D eigenvalue weighted by Gasteiger charge is -2.34. The van der Waals surface area contributed by atoms with E-state index in [1.165, 1.54) is 0 Å². The number of carbonyl (C=O) groups excluding carboxylic acids is 2. The van der Waals surface area contributed by atoms with Crippen molar-refractivity contribution in [1.29, 1.82) is 0 Å². The molecule has 19 heavy (non-hydrogen) atoms. The monoisotopic (exact) mass is 269 g/mol. The Morgan fingerprint density at radius 1 is 1.21 bits per heavy atom. The summed E-state index contributed by atoms with van der Waals surface area (Å²) in [5.74, 6) is -0.121. The number of nitrogens with one attached hydrogen (secondary N) is 1. The number of amides is 2. The molecule has 0 unspecified atom stereocenters. The molecule has 0 aromatic heterocycles. The number of ether oxygens (including phenoxy) is 1. The molecule has 1 saturated carbocycles. The SMILES string of the molecule is COCCNC(=O)C1(C(=O)N2CCN(C)CC2)CC1. The lowest BCUT2D eigenvalue weighted by molar-refractivity contribution is -0.145. The van der Waals surface area contributed by atoms with Gasteiger partial charge in [0.25, 0.3) is 0 Å². The van der Waals surface area contributed by atoms with E-state index in [2.05, 4.69) is 10.2 Å². The largest absolute Gasteiger partial charge is 0.383 e. The summed E-state index contributed by atoms with van der Waals surface area (Å²) in [5, 5.41) is 2.79. The molecule has 2 amide bonds. The third-order valence-corrected chi connectivity index (χ3v) is 3.98. The first-order valence-corrected chi connectivity index (χ1v) is 6.85. The van der Waals surface area contributed by atoms with Crippen LogP contribution in [0.2, 0.25) is 0 Å². The average molecular weight is 269 g/mol. The zero-order chi connectivity index (χ0) is 13.9. The van der Waals surface area contributed by atoms with Gasteiger partial charge in [-0.1, -0.05) is 0 Å². The maximum atomic E-state index is 12.5. The molecule has 0 aromatic carbocycles. The van der Waals surface area contributed by atoms with E-state index in [1.807, 2.05) is 11.9 Å². The van der Waals surface area contributed by atoms with Gasteiger partial charge in [-0.3, -0.25) is 9.59 Å². The van der Waals surface area contributed by atoms with Crippen molar-refractivity contribution in [3.63, 3.8) is 0 Å². The number of rotatable bonds is 5. The van der Waals surface area contributed by atoms with Crippen LogP contribution in [0.4, 0.5) is 0 Å². The van der Waals surface area contributed by atoms with Crippen molar-refractivity contribution in [3.8, 4) is 0 Å². The summed E-state index contributed by atoms with van der Waals surface area (Å²) < 4.78 is 4.90. The molecule has 1 heterocycles. The molecule has 1 aliphatic heterocycles. The highest BCUT2D eigenvalue weighted by Gasteiger charge is 2.57. The Bertz CT molecular complexity index is 347. The van der Waals surface area contributed by atoms with Gasteiger partial charge in [0.2, 0.25) is 11.8 Å². The summed E-state index contributed by atoms with van der Waals surface area (Å²) in [6, 6.07) is 0. The van der Waals surface area contributed by atoms with Crippen molar-refractivity contribution in [3.05, 3.63) is 0 Å². The van der Waals surface area contributed by atoms with Crippen molar-refractivity contribution in [2.24, 2.45) is 5.41 Å². The summed E-state index contributed by atoms with van der Waals surface area (Å²) in [5.41, 5.74) is -0.774. The lowest BCUT2D eigenvalue weighted by atomic mass is 10.0. The number of hydrogen-bond donors (Lipinski definition) is 1. The van der Waals surface area contributed by atoms with Crippen molar-refractivity contribution >= 4 is 11.8 Å². The van der Waals surface area contributed by atoms with Gasteiger partial charge in [-0.05, 0) is 19.9 Å². The van der Waals surface area contributed by atoms with Crippen LogP contribution in [0.15, 0.2) is 0 Å². The van der Waals surface area contributed by atoms with Crippen LogP contribution >= 0.6 is 0 Å². The summed E-state index contributed by atoms with van der Waals surface area (Å²) >= 11 is 0. The second-order valence-electron chi connectivity index (χ2n) is 5.43. The quantitative estimate of drug-likeness (QED) is 0.530. The zero-order valence-corrected chi connectivity index (χ0v) is 11.8. The van der Waals surface area contributed by atoms with Gasteiger partial charge >= 0.3 is 0 Å². The highest BCUT2D eigenvalue weighted by molar-refractivity contribution is 6.07. The highest BCUT2D eigenvalue weighted by Crippen LogP contribution is 2.47. The second kappa shape index (κ2) is 5.88. The van der Waals surface area contributed by atoms with E-state index >= 15 is 0 Å². The van der Waals surface area contributed by atoms with Crippen molar-refractivity contribution < 1.29 is 14.3 Å². The molecule has 108 valence electrons. The molecule has 2 fully saturated rings. The van der Waals surface area contributed by atoms with Crippen molar-refractivity contribution in [2.75, 3.05) is 53.5 Å². The first kappa shape index (κ1) is 14.3. The molecule has 2 rings (SSSR count). The van der Waals surface area contributed by atoms with Crippen LogP contribution in [0.25, 0.3) is 0 Å². The Balaban J connectivity index is 1.88. The summed E-state index contributed by atoms with van der Waals surface area (Å²) in [6.45, 7) is 4.16. The van der Waals surface area contributed by atoms with Gasteiger partial charge in [-0.15, -0.1) is 0 Å². The molecule has 1 saturated heterocycles. The summed E-state index contributed by atoms with van der Waals surface area (Å²) in [7, 11) is 3.64. The topological polar surface area (TPSA) is 61.9 Å². The van der Waals surface area contributed by atoms with Crippen molar-refractivity contribution in [2.45, 2.75) is 12.8 Å². The fourth-order valence-corrected chi connectivity index (χ4v) is 2.41. The van der Waals surface area contributed by atoms with Gasteiger partial charge in [0.05, 0.1) is 6.61 Å². The smallest absolute Gasteiger partial charge is 0.238 e. The molecule has 0 radical (unpaired) electrons. The third-order valence-electron chi connectivity index (χ3n) is 3.98. The Labute approximate surface area is 114 Å². The van der Waals surface area contributed by atoms with Crippen LogP contribution in [-0.4, -0.2) is 75.1 Å². The summed E-state index contributed by atoms with van der Waals surface area (Å²) in [4.78, 5) is 28.6. The number of likely N-dealkylation sites (N-methyl/N-ethyl adjacent to an activating group) is 1. The molecule has 1 N–H and O–H groups in total. The molecule has 6 nitrogen and oxygen atoms in total. The number of hydrogen-bond acceptors (Lipinski definition) is 4. The van der Waals surface area contributed by atoms with E-state index in [1.54, 1.807) is 7.11 Å². The Morgan fingerprint density at radius 2 is 1.84 bits per heavy atom. The molecule has 0 atom stereocenters. The van der Waals surface area contributed by atoms with E-state index in [-0.39, 0.29) is 11.8 Å². The minimum atomic E-state index is -0.774. The molecule has 1 aliphatic carbocycles. The lowest BCUT2D eigenvalue weighted by Crippen LogP contribution is -2.52. The van der Waals surface area contributed by atoms with Crippen LogP contribution in [-0.2, 0) is 14.3 Å². The number of carbonyl (C=O) groups is 2. The fourth-order valence-electron chi connectivity index (χ4n) is 2.41. The minimum absolute atomic E-state index is 0.00974. The molecule has 0 aromatic rings. The Kier molecular flexibility index (Phi) is 4.42. The highest BCUT2D eigenvalue weighted by atomic mass is 16.5. The number of methoxy groups -OCH3 is 1. The molecule has 2 aliphatic rings. The number of piperazine rings is 1. The molecule has 0 bridgehead atoms. The van der Waals surface area contributed by atoms with Gasteiger partial charge in [0, 0.05) is 39.8 Å². The van der Waals surface area contributed by atoms with Crippen LogP contribution in [0, 0.1) is 5.41 Å². The van der Waals surface area contributed by atoms with Crippen molar-refractivity contribution in [1.82, 2.24) is 15.1 Å². The van der Waals surface area contributed by atoms with Gasteiger partial charge < -0.3 is 19.9 Å². The first-order chi connectivity index (χ1) is 9.10. The zero-order valence-electron chi connectivity index (χ0n) is 11.8. The van der Waals surface area contributed by atoms with E-state index in [0.717, 1.165) is 26.2 Å². The van der Waals surface area contributed by atoms with E-state index < -0.39 is 5.41 Å². The third kappa shape index (κ3) is 3.06. The van der Waals surface area contributed by atoms with E-state index in [4.69, 9.17) is 4.74 Å². The van der Waals surface area contributed by atoms with Gasteiger partial charge in [0.15, 0.2) is 0 Å². The molecule has 6 heteroatoms. The fraction of sp³-hybridized carbons (Fsp3) is 0.846. The maximum absolute atomic E-state index is 12.5. The van der Waals surface area contributed by atoms with Crippen LogP contribution < -0.4 is 5.32 Å². The molecular formula is C13H23N3O3. The normalized spacial score (nSPS) is 22.1. The summed E-state index contributed by atoms with van der Waals surface area (Å²) in [6.07, 6.45) is 1.36. The standard InChI is InChI=1S/C13H23N3O3/c1-15-6-8-16(9-7-15)12(18)13(3-4-13)11(17)14-5-10-19-2/h3-10H2,1-2H3,(H,14,17). The van der Waals surface area contributed by atoms with E-state index in [9.17, 15) is 9.59 Å². The second-order valence-corrected chi connectivity index (χ2v) is 5.43. The van der Waals surface area contributed by atoms with Gasteiger partial charge in [-0.25, -0.2) is 0 Å². The Morgan fingerprint density at radius 3 is 2.37 bits per heavy atom. The van der Waals surface area contributed by atoms with Gasteiger partial charge in [-0.2, -0.15) is 0 Å². The number of nitrogens with zero attached hydrogens (tertiary/aromatic N) is 2. The molecule has 0 spiro atoms. The Hall–Kier alpha value is -1.14. The predicted molar refractivity (Wildman–Crippen MR) is 70.6 cm³/mol. The first-order valence-electron chi connectivity index (χ1n) is 6.85. The van der Waals surface area contributed by atoms with Gasteiger partial charge in [0.1, 0.15) is 5.41 Å². The van der Waals surface area contributed by atoms with Crippen LogP contribution in [0.5, 0.6) is 0 Å². The molecular weight excluding hydrogens is 246 g/mol. The van der Waals surface area contributed by atoms with Crippen LogP contribution in [0.1, 0.15) is 12.8 Å². The average Bonchev–Trinajstić information content (AvgIpc) is 3.20. The predicted octanol–water partition coefficient (Wildman–Crippen LogP) is -0.697. The van der Waals surface area contributed by atoms with E-state index in [0.29, 0.717) is 26.0 Å². The maximum Gasteiger partial charge on any atom is 0.238 e.